The maximum absolute atomic E-state index is 8.59. The standard InChI is InChI=1S/C16H24O/c1-2-3-4-5-6-7-8-9-10-11-12-13-14-15-16-17/h7-8,17H,2-4,11-16H2,1H3/b8-7-. The first-order chi connectivity index (χ1) is 8.41. The average molecular weight is 232 g/mol. The number of aliphatic hydroxyl groups is 1. The second-order valence-electron chi connectivity index (χ2n) is 3.97. The third kappa shape index (κ3) is 14.8. The fraction of sp³-hybridized carbons (Fsp3) is 0.625. The second kappa shape index (κ2) is 14.8. The second-order valence-corrected chi connectivity index (χ2v) is 3.97. The molecule has 0 saturated heterocycles. The predicted octanol–water partition coefficient (Wildman–Crippen LogP) is 3.68. The zero-order valence-corrected chi connectivity index (χ0v) is 11.0. The van der Waals surface area contributed by atoms with Crippen molar-refractivity contribution in [3.8, 4) is 23.7 Å². The molecule has 1 N–H and O–H groups in total. The summed E-state index contributed by atoms with van der Waals surface area (Å²) in [5.74, 6) is 12.1. The molecule has 0 aromatic carbocycles. The Morgan fingerprint density at radius 3 is 2.00 bits per heavy atom. The summed E-state index contributed by atoms with van der Waals surface area (Å²) in [4.78, 5) is 0. The zero-order valence-electron chi connectivity index (χ0n) is 11.0. The molecule has 0 aliphatic carbocycles. The van der Waals surface area contributed by atoms with Crippen molar-refractivity contribution in [1.29, 1.82) is 0 Å². The van der Waals surface area contributed by atoms with E-state index in [1.807, 2.05) is 12.2 Å². The van der Waals surface area contributed by atoms with E-state index in [0.29, 0.717) is 6.61 Å². The normalized spacial score (nSPS) is 9.53. The van der Waals surface area contributed by atoms with Gasteiger partial charge in [0.2, 0.25) is 0 Å². The highest BCUT2D eigenvalue weighted by molar-refractivity contribution is 5.24. The van der Waals surface area contributed by atoms with Crippen molar-refractivity contribution in [3.63, 3.8) is 0 Å². The summed E-state index contributed by atoms with van der Waals surface area (Å²) in [6.45, 7) is 2.48. The van der Waals surface area contributed by atoms with Gasteiger partial charge in [-0.2, -0.15) is 0 Å². The third-order valence-corrected chi connectivity index (χ3v) is 2.32. The van der Waals surface area contributed by atoms with Crippen molar-refractivity contribution in [2.45, 2.75) is 58.3 Å². The van der Waals surface area contributed by atoms with Crippen LogP contribution in [0.2, 0.25) is 0 Å². The number of unbranched alkanes of at least 4 members (excludes halogenated alkanes) is 6. The average Bonchev–Trinajstić information content (AvgIpc) is 2.35. The summed E-state index contributed by atoms with van der Waals surface area (Å²) in [5.41, 5.74) is 0. The quantitative estimate of drug-likeness (QED) is 0.524. The lowest BCUT2D eigenvalue weighted by atomic mass is 10.1. The lowest BCUT2D eigenvalue weighted by Crippen LogP contribution is -1.82. The molecule has 0 bridgehead atoms. The first-order valence-corrected chi connectivity index (χ1v) is 6.64. The topological polar surface area (TPSA) is 20.2 Å². The third-order valence-electron chi connectivity index (χ3n) is 2.32. The van der Waals surface area contributed by atoms with E-state index in [2.05, 4.69) is 30.6 Å². The van der Waals surface area contributed by atoms with E-state index >= 15 is 0 Å². The SMILES string of the molecule is CCCCC#C/C=C\C#CCCCCCCO. The molecular weight excluding hydrogens is 208 g/mol. The van der Waals surface area contributed by atoms with Crippen LogP contribution in [0.15, 0.2) is 12.2 Å². The molecule has 0 fully saturated rings. The Morgan fingerprint density at radius 1 is 0.824 bits per heavy atom. The van der Waals surface area contributed by atoms with Gasteiger partial charge in [-0.25, -0.2) is 0 Å². The highest BCUT2D eigenvalue weighted by Crippen LogP contribution is 2.01. The Bertz CT molecular complexity index is 293. The van der Waals surface area contributed by atoms with Crippen LogP contribution < -0.4 is 0 Å². The monoisotopic (exact) mass is 232 g/mol. The highest BCUT2D eigenvalue weighted by Gasteiger charge is 1.85. The first-order valence-electron chi connectivity index (χ1n) is 6.64. The number of hydrogen-bond acceptors (Lipinski definition) is 1. The lowest BCUT2D eigenvalue weighted by Gasteiger charge is -1.93. The van der Waals surface area contributed by atoms with Crippen molar-refractivity contribution in [2.75, 3.05) is 6.61 Å². The maximum atomic E-state index is 8.59. The van der Waals surface area contributed by atoms with E-state index < -0.39 is 0 Å². The van der Waals surface area contributed by atoms with E-state index in [1.54, 1.807) is 0 Å². The Hall–Kier alpha value is -1.18. The molecule has 0 aromatic heterocycles. The Labute approximate surface area is 106 Å². The maximum Gasteiger partial charge on any atom is 0.0431 e. The Morgan fingerprint density at radius 2 is 1.41 bits per heavy atom. The molecule has 0 aliphatic rings. The molecule has 94 valence electrons. The van der Waals surface area contributed by atoms with Crippen LogP contribution in [-0.2, 0) is 0 Å². The minimum Gasteiger partial charge on any atom is -0.396 e. The molecule has 17 heavy (non-hydrogen) atoms. The lowest BCUT2D eigenvalue weighted by molar-refractivity contribution is 0.282. The smallest absolute Gasteiger partial charge is 0.0431 e. The van der Waals surface area contributed by atoms with Crippen LogP contribution in [-0.4, -0.2) is 11.7 Å². The molecule has 0 amide bonds. The van der Waals surface area contributed by atoms with Crippen molar-refractivity contribution in [1.82, 2.24) is 0 Å². The molecule has 0 unspecified atom stereocenters. The molecule has 0 saturated carbocycles. The van der Waals surface area contributed by atoms with Crippen LogP contribution in [0.5, 0.6) is 0 Å². The molecule has 0 radical (unpaired) electrons. The number of rotatable bonds is 7. The van der Waals surface area contributed by atoms with Crippen molar-refractivity contribution in [3.05, 3.63) is 12.2 Å². The fourth-order valence-corrected chi connectivity index (χ4v) is 1.29. The van der Waals surface area contributed by atoms with Gasteiger partial charge in [-0.15, -0.1) is 0 Å². The van der Waals surface area contributed by atoms with Gasteiger partial charge >= 0.3 is 0 Å². The van der Waals surface area contributed by atoms with Crippen molar-refractivity contribution in [2.24, 2.45) is 0 Å². The van der Waals surface area contributed by atoms with Crippen LogP contribution in [0.1, 0.15) is 58.3 Å². The summed E-state index contributed by atoms with van der Waals surface area (Å²) < 4.78 is 0. The van der Waals surface area contributed by atoms with Gasteiger partial charge in [0.25, 0.3) is 0 Å². The predicted molar refractivity (Wildman–Crippen MR) is 74.4 cm³/mol. The molecular formula is C16H24O. The minimum absolute atomic E-state index is 0.311. The molecule has 0 aromatic rings. The Balaban J connectivity index is 3.39. The molecule has 1 heteroatoms. The van der Waals surface area contributed by atoms with E-state index in [-0.39, 0.29) is 0 Å². The largest absolute Gasteiger partial charge is 0.396 e. The summed E-state index contributed by atoms with van der Waals surface area (Å²) in [7, 11) is 0. The van der Waals surface area contributed by atoms with Crippen LogP contribution in [0.25, 0.3) is 0 Å². The molecule has 0 aliphatic heterocycles. The van der Waals surface area contributed by atoms with Crippen LogP contribution in [0.3, 0.4) is 0 Å². The first kappa shape index (κ1) is 15.8. The van der Waals surface area contributed by atoms with E-state index in [1.165, 1.54) is 12.8 Å². The van der Waals surface area contributed by atoms with E-state index in [0.717, 1.165) is 38.5 Å². The molecule has 1 nitrogen and oxygen atoms in total. The molecule has 0 heterocycles. The molecule has 0 rings (SSSR count). The fourth-order valence-electron chi connectivity index (χ4n) is 1.29. The number of hydrogen-bond donors (Lipinski definition) is 1. The van der Waals surface area contributed by atoms with Gasteiger partial charge in [0.05, 0.1) is 0 Å². The summed E-state index contributed by atoms with van der Waals surface area (Å²) in [6.07, 6.45) is 12.3. The summed E-state index contributed by atoms with van der Waals surface area (Å²) >= 11 is 0. The van der Waals surface area contributed by atoms with Crippen molar-refractivity contribution < 1.29 is 5.11 Å². The van der Waals surface area contributed by atoms with E-state index in [9.17, 15) is 0 Å². The van der Waals surface area contributed by atoms with E-state index in [4.69, 9.17) is 5.11 Å². The van der Waals surface area contributed by atoms with Crippen LogP contribution in [0.4, 0.5) is 0 Å². The van der Waals surface area contributed by atoms with Gasteiger partial charge in [0.1, 0.15) is 0 Å². The molecule has 0 atom stereocenters. The molecule has 0 spiro atoms. The minimum atomic E-state index is 0.311. The van der Waals surface area contributed by atoms with Crippen LogP contribution >= 0.6 is 0 Å². The van der Waals surface area contributed by atoms with Gasteiger partial charge in [-0.05, 0) is 31.4 Å². The van der Waals surface area contributed by atoms with Gasteiger partial charge in [0, 0.05) is 19.4 Å². The summed E-state index contributed by atoms with van der Waals surface area (Å²) in [6, 6.07) is 0. The zero-order chi connectivity index (χ0) is 12.6. The van der Waals surface area contributed by atoms with Crippen molar-refractivity contribution >= 4 is 0 Å². The summed E-state index contributed by atoms with van der Waals surface area (Å²) in [5, 5.41) is 8.59. The van der Waals surface area contributed by atoms with Gasteiger partial charge in [-0.3, -0.25) is 0 Å². The number of allylic oxidation sites excluding steroid dienone is 2. The highest BCUT2D eigenvalue weighted by atomic mass is 16.2. The number of aliphatic hydroxyl groups excluding tert-OH is 1. The Kier molecular flexibility index (Phi) is 13.8. The van der Waals surface area contributed by atoms with Gasteiger partial charge in [0.15, 0.2) is 0 Å². The van der Waals surface area contributed by atoms with Gasteiger partial charge in [-0.1, -0.05) is 49.9 Å². The van der Waals surface area contributed by atoms with Gasteiger partial charge < -0.3 is 5.11 Å². The van der Waals surface area contributed by atoms with Crippen LogP contribution in [0, 0.1) is 23.7 Å².